The molecule has 0 atom stereocenters. The van der Waals surface area contributed by atoms with Crippen molar-refractivity contribution in [2.45, 2.75) is 13.1 Å². The highest BCUT2D eigenvalue weighted by atomic mass is 16.6. The lowest BCUT2D eigenvalue weighted by Crippen LogP contribution is -2.00. The van der Waals surface area contributed by atoms with Gasteiger partial charge in [-0.3, -0.25) is 10.1 Å². The molecule has 0 saturated heterocycles. The topological polar surface area (TPSA) is 105 Å². The minimum atomic E-state index is -0.421. The summed E-state index contributed by atoms with van der Waals surface area (Å²) in [5.74, 6) is 0. The third kappa shape index (κ3) is 3.87. The molecule has 0 bridgehead atoms. The molecular formula is C18H15N7O2. The van der Waals surface area contributed by atoms with Gasteiger partial charge in [0, 0.05) is 12.1 Å². The normalized spacial score (nSPS) is 10.8. The fourth-order valence-corrected chi connectivity index (χ4v) is 2.67. The molecule has 0 aliphatic heterocycles. The van der Waals surface area contributed by atoms with Gasteiger partial charge in [-0.05, 0) is 11.1 Å². The zero-order valence-electron chi connectivity index (χ0n) is 14.2. The van der Waals surface area contributed by atoms with Gasteiger partial charge in [0.2, 0.25) is 0 Å². The van der Waals surface area contributed by atoms with Crippen LogP contribution >= 0.6 is 0 Å². The summed E-state index contributed by atoms with van der Waals surface area (Å²) in [6.07, 6.45) is 3.60. The molecule has 0 aliphatic carbocycles. The van der Waals surface area contributed by atoms with Crippen molar-refractivity contribution >= 4 is 5.69 Å². The van der Waals surface area contributed by atoms with E-state index in [2.05, 4.69) is 20.6 Å². The SMILES string of the molecule is O=[N+]([O-])c1ccc(Cn2cc(-c3cn(Cc4ccccc4)nn3)nn2)cc1. The largest absolute Gasteiger partial charge is 0.269 e. The Hall–Kier alpha value is -3.88. The number of nitro benzene ring substituents is 1. The van der Waals surface area contributed by atoms with Gasteiger partial charge in [0.15, 0.2) is 0 Å². The average Bonchev–Trinajstić information content (AvgIpc) is 3.32. The maximum absolute atomic E-state index is 10.7. The minimum Gasteiger partial charge on any atom is -0.258 e. The first-order valence-electron chi connectivity index (χ1n) is 8.25. The summed E-state index contributed by atoms with van der Waals surface area (Å²) in [5, 5.41) is 27.2. The van der Waals surface area contributed by atoms with Crippen molar-refractivity contribution in [3.8, 4) is 11.4 Å². The molecule has 0 radical (unpaired) electrons. The summed E-state index contributed by atoms with van der Waals surface area (Å²) in [5.41, 5.74) is 3.35. The second-order valence-corrected chi connectivity index (χ2v) is 6.01. The quantitative estimate of drug-likeness (QED) is 0.386. The number of benzene rings is 2. The van der Waals surface area contributed by atoms with Gasteiger partial charge in [0.25, 0.3) is 5.69 Å². The number of aromatic nitrogens is 6. The summed E-state index contributed by atoms with van der Waals surface area (Å²) in [6.45, 7) is 1.09. The highest BCUT2D eigenvalue weighted by Gasteiger charge is 2.10. The van der Waals surface area contributed by atoms with Gasteiger partial charge >= 0.3 is 0 Å². The van der Waals surface area contributed by atoms with E-state index in [0.717, 1.165) is 11.1 Å². The van der Waals surface area contributed by atoms with Crippen LogP contribution in [0.15, 0.2) is 67.0 Å². The lowest BCUT2D eigenvalue weighted by Gasteiger charge is -2.00. The lowest BCUT2D eigenvalue weighted by molar-refractivity contribution is -0.384. The molecule has 0 N–H and O–H groups in total. The van der Waals surface area contributed by atoms with Gasteiger partial charge in [-0.25, -0.2) is 9.36 Å². The zero-order chi connectivity index (χ0) is 18.6. The standard InChI is InChI=1S/C18H15N7O2/c26-25(27)16-8-6-15(7-9-16)11-24-13-18(20-22-24)17-12-23(21-19-17)10-14-4-2-1-3-5-14/h1-9,12-13H,10-11H2. The molecule has 27 heavy (non-hydrogen) atoms. The molecule has 0 saturated carbocycles. The summed E-state index contributed by atoms with van der Waals surface area (Å²) in [4.78, 5) is 10.3. The average molecular weight is 361 g/mol. The van der Waals surface area contributed by atoms with Crippen LogP contribution in [0.4, 0.5) is 5.69 Å². The van der Waals surface area contributed by atoms with E-state index in [-0.39, 0.29) is 5.69 Å². The van der Waals surface area contributed by atoms with E-state index < -0.39 is 4.92 Å². The fourth-order valence-electron chi connectivity index (χ4n) is 2.67. The Bertz CT molecular complexity index is 1050. The summed E-state index contributed by atoms with van der Waals surface area (Å²) in [7, 11) is 0. The maximum atomic E-state index is 10.7. The Labute approximate surface area is 154 Å². The second kappa shape index (κ2) is 7.16. The van der Waals surface area contributed by atoms with Gasteiger partial charge < -0.3 is 0 Å². The van der Waals surface area contributed by atoms with E-state index in [1.54, 1.807) is 27.7 Å². The van der Waals surface area contributed by atoms with Crippen molar-refractivity contribution in [3.63, 3.8) is 0 Å². The number of non-ortho nitro benzene ring substituents is 1. The number of nitro groups is 1. The van der Waals surface area contributed by atoms with E-state index in [4.69, 9.17) is 0 Å². The van der Waals surface area contributed by atoms with Crippen LogP contribution in [-0.2, 0) is 13.1 Å². The Balaban J connectivity index is 1.45. The first kappa shape index (κ1) is 16.6. The van der Waals surface area contributed by atoms with Crippen LogP contribution in [0.25, 0.3) is 11.4 Å². The Morgan fingerprint density at radius 3 is 1.81 bits per heavy atom. The van der Waals surface area contributed by atoms with Crippen molar-refractivity contribution in [1.29, 1.82) is 0 Å². The number of hydrogen-bond acceptors (Lipinski definition) is 6. The second-order valence-electron chi connectivity index (χ2n) is 6.01. The molecule has 0 spiro atoms. The van der Waals surface area contributed by atoms with Crippen molar-refractivity contribution in [3.05, 3.63) is 88.2 Å². The van der Waals surface area contributed by atoms with Crippen LogP contribution in [0.5, 0.6) is 0 Å². The Kier molecular flexibility index (Phi) is 4.40. The first-order chi connectivity index (χ1) is 13.2. The van der Waals surface area contributed by atoms with E-state index >= 15 is 0 Å². The number of nitrogens with zero attached hydrogens (tertiary/aromatic N) is 7. The van der Waals surface area contributed by atoms with Gasteiger partial charge in [-0.15, -0.1) is 10.2 Å². The first-order valence-corrected chi connectivity index (χ1v) is 8.25. The Morgan fingerprint density at radius 2 is 1.30 bits per heavy atom. The zero-order valence-corrected chi connectivity index (χ0v) is 14.2. The van der Waals surface area contributed by atoms with E-state index in [1.165, 1.54) is 12.1 Å². The molecule has 0 unspecified atom stereocenters. The molecule has 4 rings (SSSR count). The van der Waals surface area contributed by atoms with Crippen LogP contribution in [0, 0.1) is 10.1 Å². The van der Waals surface area contributed by atoms with Crippen molar-refractivity contribution in [2.75, 3.05) is 0 Å². The van der Waals surface area contributed by atoms with Crippen molar-refractivity contribution in [1.82, 2.24) is 30.0 Å². The minimum absolute atomic E-state index is 0.0630. The molecule has 0 aliphatic rings. The number of hydrogen-bond donors (Lipinski definition) is 0. The third-order valence-corrected chi connectivity index (χ3v) is 4.02. The molecule has 0 amide bonds. The molecule has 2 aromatic carbocycles. The molecule has 0 fully saturated rings. The summed E-state index contributed by atoms with van der Waals surface area (Å²) in [6, 6.07) is 16.4. The third-order valence-electron chi connectivity index (χ3n) is 4.02. The molecule has 2 heterocycles. The lowest BCUT2D eigenvalue weighted by atomic mass is 10.2. The van der Waals surface area contributed by atoms with E-state index in [9.17, 15) is 10.1 Å². The van der Waals surface area contributed by atoms with Crippen molar-refractivity contribution < 1.29 is 4.92 Å². The van der Waals surface area contributed by atoms with Crippen LogP contribution in [0.2, 0.25) is 0 Å². The smallest absolute Gasteiger partial charge is 0.258 e. The molecule has 2 aromatic heterocycles. The van der Waals surface area contributed by atoms with Gasteiger partial charge in [-0.1, -0.05) is 52.9 Å². The highest BCUT2D eigenvalue weighted by Crippen LogP contribution is 2.15. The number of rotatable bonds is 6. The fraction of sp³-hybridized carbons (Fsp3) is 0.111. The van der Waals surface area contributed by atoms with Gasteiger partial charge in [0.05, 0.1) is 30.4 Å². The monoisotopic (exact) mass is 361 g/mol. The predicted molar refractivity (Wildman–Crippen MR) is 96.8 cm³/mol. The summed E-state index contributed by atoms with van der Waals surface area (Å²) < 4.78 is 3.41. The Morgan fingerprint density at radius 1 is 0.778 bits per heavy atom. The van der Waals surface area contributed by atoms with Crippen molar-refractivity contribution in [2.24, 2.45) is 0 Å². The van der Waals surface area contributed by atoms with Crippen LogP contribution in [0.3, 0.4) is 0 Å². The molecule has 9 heteroatoms. The highest BCUT2D eigenvalue weighted by molar-refractivity contribution is 5.50. The van der Waals surface area contributed by atoms with Crippen LogP contribution < -0.4 is 0 Å². The van der Waals surface area contributed by atoms with E-state index in [1.807, 2.05) is 36.5 Å². The van der Waals surface area contributed by atoms with Gasteiger partial charge in [0.1, 0.15) is 11.4 Å². The molecule has 9 nitrogen and oxygen atoms in total. The predicted octanol–water partition coefficient (Wildman–Crippen LogP) is 2.54. The van der Waals surface area contributed by atoms with Crippen LogP contribution in [0.1, 0.15) is 11.1 Å². The van der Waals surface area contributed by atoms with E-state index in [0.29, 0.717) is 24.5 Å². The summed E-state index contributed by atoms with van der Waals surface area (Å²) >= 11 is 0. The molecular weight excluding hydrogens is 346 g/mol. The van der Waals surface area contributed by atoms with Crippen LogP contribution in [-0.4, -0.2) is 34.9 Å². The molecule has 134 valence electrons. The molecule has 4 aromatic rings. The maximum Gasteiger partial charge on any atom is 0.269 e. The van der Waals surface area contributed by atoms with Gasteiger partial charge in [-0.2, -0.15) is 0 Å².